The van der Waals surface area contributed by atoms with E-state index in [0.717, 1.165) is 42.5 Å². The summed E-state index contributed by atoms with van der Waals surface area (Å²) in [5.41, 5.74) is 3.22. The molecule has 1 N–H and O–H groups in total. The molecule has 0 fully saturated rings. The molecule has 3 aromatic rings. The van der Waals surface area contributed by atoms with E-state index in [9.17, 15) is 4.39 Å². The number of fused-ring (bicyclic) bond motifs is 1. The highest BCUT2D eigenvalue weighted by atomic mass is 19.1. The molecular formula is C21H21FN4O2. The van der Waals surface area contributed by atoms with E-state index in [-0.39, 0.29) is 5.82 Å². The van der Waals surface area contributed by atoms with Gasteiger partial charge in [-0.05, 0) is 53.9 Å². The minimum absolute atomic E-state index is 0.270. The van der Waals surface area contributed by atoms with Crippen molar-refractivity contribution in [2.45, 2.75) is 13.0 Å². The topological polar surface area (TPSA) is 59.5 Å². The van der Waals surface area contributed by atoms with Crippen LogP contribution < -0.4 is 19.7 Å². The highest BCUT2D eigenvalue weighted by Crippen LogP contribution is 2.34. The average Bonchev–Trinajstić information content (AvgIpc) is 2.74. The zero-order chi connectivity index (χ0) is 19.5. The molecule has 0 radical (unpaired) electrons. The maximum absolute atomic E-state index is 13.1. The number of aromatic nitrogens is 2. The van der Waals surface area contributed by atoms with Gasteiger partial charge in [0.25, 0.3) is 0 Å². The molecule has 0 unspecified atom stereocenters. The first-order valence-corrected chi connectivity index (χ1v) is 8.99. The van der Waals surface area contributed by atoms with E-state index >= 15 is 0 Å². The lowest BCUT2D eigenvalue weighted by atomic mass is 9.99. The number of methoxy groups -OCH3 is 2. The van der Waals surface area contributed by atoms with E-state index in [1.54, 1.807) is 26.4 Å². The Morgan fingerprint density at radius 3 is 2.39 bits per heavy atom. The van der Waals surface area contributed by atoms with Crippen molar-refractivity contribution < 1.29 is 13.9 Å². The van der Waals surface area contributed by atoms with Gasteiger partial charge in [0.05, 0.1) is 14.2 Å². The summed E-state index contributed by atoms with van der Waals surface area (Å²) in [6.07, 6.45) is 2.42. The lowest BCUT2D eigenvalue weighted by molar-refractivity contribution is 0.353. The Kier molecular flexibility index (Phi) is 4.97. The molecule has 0 atom stereocenters. The summed E-state index contributed by atoms with van der Waals surface area (Å²) in [6.45, 7) is 1.57. The standard InChI is InChI=1S/C21H21FN4O2/c1-27-18-9-14-7-8-26(12-15(14)10-19(18)28-2)21-11-20(23-13-24-21)25-17-5-3-16(22)4-6-17/h3-6,9-11,13H,7-8,12H2,1-2H3,(H,23,24,25). The van der Waals surface area contributed by atoms with E-state index in [4.69, 9.17) is 9.47 Å². The monoisotopic (exact) mass is 380 g/mol. The first kappa shape index (κ1) is 18.0. The van der Waals surface area contributed by atoms with Gasteiger partial charge < -0.3 is 19.7 Å². The third-order valence-electron chi connectivity index (χ3n) is 4.81. The van der Waals surface area contributed by atoms with Crippen molar-refractivity contribution in [1.82, 2.24) is 9.97 Å². The molecule has 1 aliphatic rings. The van der Waals surface area contributed by atoms with Crippen molar-refractivity contribution in [3.8, 4) is 11.5 Å². The van der Waals surface area contributed by atoms with E-state index in [1.165, 1.54) is 29.6 Å². The fraction of sp³-hybridized carbons (Fsp3) is 0.238. The van der Waals surface area contributed by atoms with Crippen LogP contribution in [0, 0.1) is 5.82 Å². The number of rotatable bonds is 5. The number of nitrogens with zero attached hydrogens (tertiary/aromatic N) is 3. The predicted octanol–water partition coefficient (Wildman–Crippen LogP) is 3.94. The lowest BCUT2D eigenvalue weighted by Gasteiger charge is -2.30. The number of halogens is 1. The maximum Gasteiger partial charge on any atom is 0.161 e. The van der Waals surface area contributed by atoms with Crippen LogP contribution in [-0.4, -0.2) is 30.7 Å². The molecule has 0 amide bonds. The molecule has 6 nitrogen and oxygen atoms in total. The Bertz CT molecular complexity index is 979. The van der Waals surface area contributed by atoms with E-state index < -0.39 is 0 Å². The summed E-state index contributed by atoms with van der Waals surface area (Å²) in [5.74, 6) is 2.70. The van der Waals surface area contributed by atoms with Crippen LogP contribution >= 0.6 is 0 Å². The van der Waals surface area contributed by atoms with Gasteiger partial charge in [-0.1, -0.05) is 0 Å². The molecule has 144 valence electrons. The van der Waals surface area contributed by atoms with E-state index in [2.05, 4.69) is 20.2 Å². The third kappa shape index (κ3) is 3.69. The summed E-state index contributed by atoms with van der Waals surface area (Å²) in [7, 11) is 3.29. The van der Waals surface area contributed by atoms with Crippen molar-refractivity contribution in [3.05, 3.63) is 65.7 Å². The Morgan fingerprint density at radius 1 is 0.964 bits per heavy atom. The van der Waals surface area contributed by atoms with Crippen LogP contribution in [0.3, 0.4) is 0 Å². The van der Waals surface area contributed by atoms with Gasteiger partial charge in [-0.25, -0.2) is 14.4 Å². The average molecular weight is 380 g/mol. The second-order valence-electron chi connectivity index (χ2n) is 6.54. The number of benzene rings is 2. The van der Waals surface area contributed by atoms with Crippen LogP contribution in [0.15, 0.2) is 48.8 Å². The van der Waals surface area contributed by atoms with Crippen LogP contribution in [0.5, 0.6) is 11.5 Å². The fourth-order valence-corrected chi connectivity index (χ4v) is 3.35. The zero-order valence-electron chi connectivity index (χ0n) is 15.8. The molecule has 1 aromatic heterocycles. The SMILES string of the molecule is COc1cc2c(cc1OC)CN(c1cc(Nc3ccc(F)cc3)ncn1)CC2. The first-order valence-electron chi connectivity index (χ1n) is 8.99. The van der Waals surface area contributed by atoms with Gasteiger partial charge in [0, 0.05) is 24.8 Å². The molecular weight excluding hydrogens is 359 g/mol. The number of nitrogens with one attached hydrogen (secondary N) is 1. The quantitative estimate of drug-likeness (QED) is 0.724. The van der Waals surface area contributed by atoms with Crippen molar-refractivity contribution in [1.29, 1.82) is 0 Å². The minimum Gasteiger partial charge on any atom is -0.493 e. The summed E-state index contributed by atoms with van der Waals surface area (Å²) >= 11 is 0. The van der Waals surface area contributed by atoms with Gasteiger partial charge >= 0.3 is 0 Å². The molecule has 2 heterocycles. The maximum atomic E-state index is 13.1. The molecule has 4 rings (SSSR count). The van der Waals surface area contributed by atoms with E-state index in [1.807, 2.05) is 18.2 Å². The molecule has 0 saturated heterocycles. The van der Waals surface area contributed by atoms with Gasteiger partial charge in [-0.3, -0.25) is 0 Å². The van der Waals surface area contributed by atoms with Crippen LogP contribution in [-0.2, 0) is 13.0 Å². The van der Waals surface area contributed by atoms with Gasteiger partial charge in [0.15, 0.2) is 11.5 Å². The summed E-state index contributed by atoms with van der Waals surface area (Å²) in [6, 6.07) is 12.1. The summed E-state index contributed by atoms with van der Waals surface area (Å²) in [4.78, 5) is 10.9. The smallest absolute Gasteiger partial charge is 0.161 e. The van der Waals surface area contributed by atoms with Crippen LogP contribution in [0.2, 0.25) is 0 Å². The number of ether oxygens (including phenoxy) is 2. The zero-order valence-corrected chi connectivity index (χ0v) is 15.8. The molecule has 2 aromatic carbocycles. The largest absolute Gasteiger partial charge is 0.493 e. The second-order valence-corrected chi connectivity index (χ2v) is 6.54. The lowest BCUT2D eigenvalue weighted by Crippen LogP contribution is -2.31. The minimum atomic E-state index is -0.270. The normalized spacial score (nSPS) is 13.0. The number of hydrogen-bond acceptors (Lipinski definition) is 6. The molecule has 28 heavy (non-hydrogen) atoms. The van der Waals surface area contributed by atoms with Crippen molar-refractivity contribution in [2.75, 3.05) is 31.0 Å². The summed E-state index contributed by atoms with van der Waals surface area (Å²) < 4.78 is 23.9. The van der Waals surface area contributed by atoms with Gasteiger partial charge in [0.2, 0.25) is 0 Å². The Labute approximate surface area is 163 Å². The predicted molar refractivity (Wildman–Crippen MR) is 106 cm³/mol. The molecule has 1 aliphatic heterocycles. The highest BCUT2D eigenvalue weighted by Gasteiger charge is 2.20. The van der Waals surface area contributed by atoms with Crippen molar-refractivity contribution in [3.63, 3.8) is 0 Å². The van der Waals surface area contributed by atoms with Crippen molar-refractivity contribution >= 4 is 17.3 Å². The van der Waals surface area contributed by atoms with Gasteiger partial charge in [-0.15, -0.1) is 0 Å². The summed E-state index contributed by atoms with van der Waals surface area (Å²) in [5, 5.41) is 3.18. The number of anilines is 3. The van der Waals surface area contributed by atoms with Crippen LogP contribution in [0.25, 0.3) is 0 Å². The molecule has 0 spiro atoms. The second kappa shape index (κ2) is 7.72. The highest BCUT2D eigenvalue weighted by molar-refractivity contribution is 5.60. The molecule has 0 bridgehead atoms. The Balaban J connectivity index is 1.55. The molecule has 0 saturated carbocycles. The third-order valence-corrected chi connectivity index (χ3v) is 4.81. The van der Waals surface area contributed by atoms with Gasteiger partial charge in [-0.2, -0.15) is 0 Å². The first-order chi connectivity index (χ1) is 13.7. The Hall–Kier alpha value is -3.35. The fourth-order valence-electron chi connectivity index (χ4n) is 3.35. The van der Waals surface area contributed by atoms with Gasteiger partial charge in [0.1, 0.15) is 23.8 Å². The molecule has 7 heteroatoms. The molecule has 0 aliphatic carbocycles. The number of hydrogen-bond donors (Lipinski definition) is 1. The van der Waals surface area contributed by atoms with Crippen LogP contribution in [0.4, 0.5) is 21.7 Å². The Morgan fingerprint density at radius 2 is 1.68 bits per heavy atom. The van der Waals surface area contributed by atoms with E-state index in [0.29, 0.717) is 5.82 Å². The van der Waals surface area contributed by atoms with Crippen molar-refractivity contribution in [2.24, 2.45) is 0 Å². The van der Waals surface area contributed by atoms with Crippen LogP contribution in [0.1, 0.15) is 11.1 Å².